The number of halogens is 1. The number of aliphatic hydroxyl groups is 1. The Bertz CT molecular complexity index is 251. The molecule has 1 aliphatic heterocycles. The third-order valence-corrected chi connectivity index (χ3v) is 6.20. The summed E-state index contributed by atoms with van der Waals surface area (Å²) in [5, 5.41) is 11.2. The van der Waals surface area contributed by atoms with Gasteiger partial charge in [-0.1, -0.05) is 48.5 Å². The van der Waals surface area contributed by atoms with E-state index < -0.39 is 0 Å². The molecule has 0 aromatic rings. The van der Waals surface area contributed by atoms with Crippen molar-refractivity contribution >= 4 is 15.9 Å². The Kier molecular flexibility index (Phi) is 5.52. The van der Waals surface area contributed by atoms with Crippen LogP contribution in [0.25, 0.3) is 0 Å². The molecule has 18 heavy (non-hydrogen) atoms. The van der Waals surface area contributed by atoms with Crippen molar-refractivity contribution in [3.63, 3.8) is 0 Å². The highest BCUT2D eigenvalue weighted by Gasteiger charge is 2.34. The fourth-order valence-corrected chi connectivity index (χ4v) is 4.28. The highest BCUT2D eigenvalue weighted by molar-refractivity contribution is 9.09. The molecule has 0 bridgehead atoms. The van der Waals surface area contributed by atoms with Gasteiger partial charge in [0.2, 0.25) is 0 Å². The van der Waals surface area contributed by atoms with Crippen LogP contribution in [0.2, 0.25) is 0 Å². The first-order valence-corrected chi connectivity index (χ1v) is 8.74. The summed E-state index contributed by atoms with van der Waals surface area (Å²) in [5.41, 5.74) is 0.469. The molecule has 2 atom stereocenters. The maximum atomic E-state index is 10.0. The molecule has 1 aliphatic carbocycles. The maximum Gasteiger partial charge on any atom is 0.0693 e. The van der Waals surface area contributed by atoms with Gasteiger partial charge in [0.05, 0.1) is 6.10 Å². The monoisotopic (exact) mass is 317 g/mol. The van der Waals surface area contributed by atoms with Crippen LogP contribution in [-0.4, -0.2) is 41.1 Å². The predicted octanol–water partition coefficient (Wildman–Crippen LogP) is 3.42. The van der Waals surface area contributed by atoms with E-state index in [2.05, 4.69) is 27.8 Å². The van der Waals surface area contributed by atoms with E-state index in [-0.39, 0.29) is 6.10 Å². The Morgan fingerprint density at radius 2 is 1.89 bits per heavy atom. The number of piperidine rings is 1. The lowest BCUT2D eigenvalue weighted by Crippen LogP contribution is -2.48. The second-order valence-electron chi connectivity index (χ2n) is 6.62. The summed E-state index contributed by atoms with van der Waals surface area (Å²) in [7, 11) is 0. The largest absolute Gasteiger partial charge is 0.392 e. The molecule has 0 amide bonds. The Balaban J connectivity index is 1.92. The number of aliphatic hydroxyl groups excluding tert-OH is 1. The van der Waals surface area contributed by atoms with Gasteiger partial charge in [-0.05, 0) is 37.1 Å². The van der Waals surface area contributed by atoms with Crippen LogP contribution in [0.4, 0.5) is 0 Å². The summed E-state index contributed by atoms with van der Waals surface area (Å²) in [4.78, 5) is 2.51. The van der Waals surface area contributed by atoms with E-state index in [1.807, 2.05) is 0 Å². The first-order chi connectivity index (χ1) is 8.65. The van der Waals surface area contributed by atoms with Crippen molar-refractivity contribution < 1.29 is 5.11 Å². The molecule has 0 aromatic heterocycles. The molecule has 1 saturated heterocycles. The van der Waals surface area contributed by atoms with Crippen molar-refractivity contribution in [1.82, 2.24) is 4.90 Å². The lowest BCUT2D eigenvalue weighted by Gasteiger charge is -2.41. The average molecular weight is 318 g/mol. The molecular weight excluding hydrogens is 290 g/mol. The average Bonchev–Trinajstić information content (AvgIpc) is 2.60. The number of nitrogens with zero attached hydrogens (tertiary/aromatic N) is 1. The van der Waals surface area contributed by atoms with Crippen molar-refractivity contribution in [2.45, 2.75) is 58.0 Å². The van der Waals surface area contributed by atoms with E-state index in [9.17, 15) is 5.11 Å². The second kappa shape index (κ2) is 6.71. The molecular formula is C15H28BrNO. The van der Waals surface area contributed by atoms with Crippen LogP contribution in [0.15, 0.2) is 0 Å². The lowest BCUT2D eigenvalue weighted by molar-refractivity contribution is 0.0107. The summed E-state index contributed by atoms with van der Waals surface area (Å²) in [6.45, 7) is 5.42. The summed E-state index contributed by atoms with van der Waals surface area (Å²) >= 11 is 3.77. The number of alkyl halides is 1. The molecule has 2 rings (SSSR count). The molecule has 2 nitrogen and oxygen atoms in total. The zero-order valence-electron chi connectivity index (χ0n) is 11.7. The number of rotatable bonds is 3. The van der Waals surface area contributed by atoms with Gasteiger partial charge >= 0.3 is 0 Å². The van der Waals surface area contributed by atoms with Crippen molar-refractivity contribution in [2.75, 3.05) is 25.0 Å². The van der Waals surface area contributed by atoms with Crippen LogP contribution < -0.4 is 0 Å². The molecule has 1 N–H and O–H groups in total. The fourth-order valence-electron chi connectivity index (χ4n) is 3.54. The van der Waals surface area contributed by atoms with Crippen LogP contribution in [0, 0.1) is 11.3 Å². The highest BCUT2D eigenvalue weighted by Crippen LogP contribution is 2.38. The second-order valence-corrected chi connectivity index (χ2v) is 7.18. The SMILES string of the molecule is CC1CCN(CC2(CBr)CCCCCC2)CC1O. The van der Waals surface area contributed by atoms with Crippen LogP contribution in [-0.2, 0) is 0 Å². The van der Waals surface area contributed by atoms with E-state index in [1.54, 1.807) is 0 Å². The van der Waals surface area contributed by atoms with Crippen molar-refractivity contribution in [1.29, 1.82) is 0 Å². The third-order valence-electron chi connectivity index (χ3n) is 5.01. The first kappa shape index (κ1) is 14.8. The van der Waals surface area contributed by atoms with Crippen molar-refractivity contribution in [2.24, 2.45) is 11.3 Å². The van der Waals surface area contributed by atoms with Gasteiger partial charge in [-0.2, -0.15) is 0 Å². The van der Waals surface area contributed by atoms with Crippen LogP contribution in [0.5, 0.6) is 0 Å². The molecule has 2 unspecified atom stereocenters. The van der Waals surface area contributed by atoms with E-state index in [0.717, 1.165) is 18.3 Å². The van der Waals surface area contributed by atoms with E-state index in [1.165, 1.54) is 51.6 Å². The van der Waals surface area contributed by atoms with E-state index in [4.69, 9.17) is 0 Å². The van der Waals surface area contributed by atoms with E-state index >= 15 is 0 Å². The zero-order valence-corrected chi connectivity index (χ0v) is 13.3. The Morgan fingerprint density at radius 3 is 2.44 bits per heavy atom. The van der Waals surface area contributed by atoms with E-state index in [0.29, 0.717) is 11.3 Å². The molecule has 2 aliphatic rings. The van der Waals surface area contributed by atoms with Gasteiger partial charge in [0.25, 0.3) is 0 Å². The van der Waals surface area contributed by atoms with Gasteiger partial charge in [0.1, 0.15) is 0 Å². The maximum absolute atomic E-state index is 10.0. The third kappa shape index (κ3) is 3.71. The smallest absolute Gasteiger partial charge is 0.0693 e. The highest BCUT2D eigenvalue weighted by atomic mass is 79.9. The molecule has 0 radical (unpaired) electrons. The topological polar surface area (TPSA) is 23.5 Å². The Morgan fingerprint density at radius 1 is 1.22 bits per heavy atom. The minimum atomic E-state index is -0.114. The van der Waals surface area contributed by atoms with Crippen LogP contribution in [0.3, 0.4) is 0 Å². The minimum Gasteiger partial charge on any atom is -0.392 e. The molecule has 3 heteroatoms. The molecule has 0 spiro atoms. The Hall–Kier alpha value is 0.400. The minimum absolute atomic E-state index is 0.114. The number of hydrogen-bond donors (Lipinski definition) is 1. The first-order valence-electron chi connectivity index (χ1n) is 7.62. The fraction of sp³-hybridized carbons (Fsp3) is 1.00. The molecule has 1 saturated carbocycles. The van der Waals surface area contributed by atoms with Gasteiger partial charge in [-0.15, -0.1) is 0 Å². The van der Waals surface area contributed by atoms with Crippen LogP contribution >= 0.6 is 15.9 Å². The van der Waals surface area contributed by atoms with Gasteiger partial charge in [0.15, 0.2) is 0 Å². The standard InChI is InChI=1S/C15H28BrNO/c1-13-6-9-17(10-14(13)18)12-15(11-16)7-4-2-3-5-8-15/h13-14,18H,2-12H2,1H3. The van der Waals surface area contributed by atoms with Crippen molar-refractivity contribution in [3.8, 4) is 0 Å². The number of β-amino-alcohol motifs (C(OH)–C–C–N with tert-alkyl or cyclic N) is 1. The number of hydrogen-bond acceptors (Lipinski definition) is 2. The lowest BCUT2D eigenvalue weighted by atomic mass is 9.81. The normalized spacial score (nSPS) is 34.2. The van der Waals surface area contributed by atoms with Gasteiger partial charge < -0.3 is 10.0 Å². The summed E-state index contributed by atoms with van der Waals surface area (Å²) in [5.74, 6) is 0.482. The predicted molar refractivity (Wildman–Crippen MR) is 80.2 cm³/mol. The molecule has 1 heterocycles. The molecule has 0 aromatic carbocycles. The summed E-state index contributed by atoms with van der Waals surface area (Å²) < 4.78 is 0. The summed E-state index contributed by atoms with van der Waals surface area (Å²) in [6.07, 6.45) is 9.36. The zero-order chi connectivity index (χ0) is 13.0. The number of likely N-dealkylation sites (tertiary alicyclic amines) is 1. The quantitative estimate of drug-likeness (QED) is 0.637. The van der Waals surface area contributed by atoms with Gasteiger partial charge in [0, 0.05) is 18.4 Å². The van der Waals surface area contributed by atoms with Crippen LogP contribution in [0.1, 0.15) is 51.9 Å². The van der Waals surface area contributed by atoms with Crippen molar-refractivity contribution in [3.05, 3.63) is 0 Å². The Labute approximate surface area is 120 Å². The van der Waals surface area contributed by atoms with Gasteiger partial charge in [-0.3, -0.25) is 0 Å². The molecule has 2 fully saturated rings. The summed E-state index contributed by atoms with van der Waals surface area (Å²) in [6, 6.07) is 0. The molecule has 106 valence electrons. The van der Waals surface area contributed by atoms with Gasteiger partial charge in [-0.25, -0.2) is 0 Å².